The SMILES string of the molecule is C[C@@H](O)c1nnc(C(=O)N2CCc3[nH]cnc3[C@H]2c2cc3ccccc3cn2)o1. The third-order valence-electron chi connectivity index (χ3n) is 5.10. The lowest BCUT2D eigenvalue weighted by Gasteiger charge is -2.33. The third kappa shape index (κ3) is 2.95. The smallest absolute Gasteiger partial charge is 0.312 e. The van der Waals surface area contributed by atoms with Gasteiger partial charge in [0, 0.05) is 30.2 Å². The van der Waals surface area contributed by atoms with Gasteiger partial charge in [0.05, 0.1) is 17.7 Å². The van der Waals surface area contributed by atoms with Gasteiger partial charge in [0.25, 0.3) is 0 Å². The van der Waals surface area contributed by atoms with Crippen molar-refractivity contribution in [1.82, 2.24) is 30.0 Å². The number of H-pyrrole nitrogens is 1. The second-order valence-corrected chi connectivity index (χ2v) is 7.00. The number of carbonyl (C=O) groups excluding carboxylic acids is 1. The predicted molar refractivity (Wildman–Crippen MR) is 102 cm³/mol. The predicted octanol–water partition coefficient (Wildman–Crippen LogP) is 2.18. The molecule has 4 heterocycles. The van der Waals surface area contributed by atoms with Gasteiger partial charge in [0.1, 0.15) is 12.1 Å². The Kier molecular flexibility index (Phi) is 4.09. The quantitative estimate of drug-likeness (QED) is 0.550. The van der Waals surface area contributed by atoms with Gasteiger partial charge in [-0.3, -0.25) is 9.78 Å². The van der Waals surface area contributed by atoms with E-state index in [9.17, 15) is 9.90 Å². The number of aliphatic hydroxyl groups excluding tert-OH is 1. The first kappa shape index (κ1) is 17.5. The largest absolute Gasteiger partial charge is 0.414 e. The van der Waals surface area contributed by atoms with Crippen molar-refractivity contribution in [3.05, 3.63) is 71.7 Å². The van der Waals surface area contributed by atoms with E-state index < -0.39 is 18.1 Å². The fourth-order valence-corrected chi connectivity index (χ4v) is 3.66. The normalized spacial score (nSPS) is 17.3. The molecule has 146 valence electrons. The Labute approximate surface area is 165 Å². The summed E-state index contributed by atoms with van der Waals surface area (Å²) in [4.78, 5) is 27.1. The first-order valence-corrected chi connectivity index (χ1v) is 9.31. The van der Waals surface area contributed by atoms with Crippen LogP contribution in [-0.4, -0.2) is 47.6 Å². The summed E-state index contributed by atoms with van der Waals surface area (Å²) in [5.74, 6) is -0.574. The molecule has 1 aromatic carbocycles. The van der Waals surface area contributed by atoms with E-state index in [1.807, 2.05) is 30.3 Å². The van der Waals surface area contributed by atoms with Crippen LogP contribution in [0.25, 0.3) is 10.8 Å². The van der Waals surface area contributed by atoms with Gasteiger partial charge in [-0.25, -0.2) is 4.98 Å². The lowest BCUT2D eigenvalue weighted by atomic mass is 9.98. The average Bonchev–Trinajstić information content (AvgIpc) is 3.42. The molecule has 29 heavy (non-hydrogen) atoms. The zero-order valence-corrected chi connectivity index (χ0v) is 15.6. The number of hydrogen-bond acceptors (Lipinski definition) is 7. The molecule has 1 amide bonds. The zero-order chi connectivity index (χ0) is 20.0. The molecule has 9 heteroatoms. The lowest BCUT2D eigenvalue weighted by molar-refractivity contribution is 0.0638. The lowest BCUT2D eigenvalue weighted by Crippen LogP contribution is -2.41. The summed E-state index contributed by atoms with van der Waals surface area (Å²) in [7, 11) is 0. The van der Waals surface area contributed by atoms with Gasteiger partial charge in [0.2, 0.25) is 5.89 Å². The maximum atomic E-state index is 13.2. The molecular formula is C20H18N6O3. The summed E-state index contributed by atoms with van der Waals surface area (Å²) in [5.41, 5.74) is 2.44. The van der Waals surface area contributed by atoms with Crippen molar-refractivity contribution in [1.29, 1.82) is 0 Å². The second-order valence-electron chi connectivity index (χ2n) is 7.00. The van der Waals surface area contributed by atoms with Crippen LogP contribution in [0.3, 0.4) is 0 Å². The van der Waals surface area contributed by atoms with E-state index in [2.05, 4.69) is 25.1 Å². The number of carbonyl (C=O) groups is 1. The highest BCUT2D eigenvalue weighted by Gasteiger charge is 2.37. The molecule has 2 N–H and O–H groups in total. The van der Waals surface area contributed by atoms with Crippen molar-refractivity contribution in [3.8, 4) is 0 Å². The van der Waals surface area contributed by atoms with Crippen molar-refractivity contribution in [2.45, 2.75) is 25.5 Å². The molecule has 0 unspecified atom stereocenters. The van der Waals surface area contributed by atoms with Crippen LogP contribution in [0.1, 0.15) is 52.7 Å². The van der Waals surface area contributed by atoms with Crippen LogP contribution in [0.4, 0.5) is 0 Å². The minimum absolute atomic E-state index is 0.00574. The Morgan fingerprint density at radius 1 is 1.28 bits per heavy atom. The summed E-state index contributed by atoms with van der Waals surface area (Å²) in [6, 6.07) is 9.41. The molecule has 0 bridgehead atoms. The van der Waals surface area contributed by atoms with Crippen LogP contribution >= 0.6 is 0 Å². The summed E-state index contributed by atoms with van der Waals surface area (Å²) in [5, 5.41) is 19.2. The van der Waals surface area contributed by atoms with Crippen LogP contribution in [0.2, 0.25) is 0 Å². The number of aromatic nitrogens is 5. The Balaban J connectivity index is 1.59. The van der Waals surface area contributed by atoms with Crippen LogP contribution in [-0.2, 0) is 6.42 Å². The molecule has 0 aliphatic carbocycles. The highest BCUT2D eigenvalue weighted by Crippen LogP contribution is 2.34. The van der Waals surface area contributed by atoms with E-state index in [-0.39, 0.29) is 11.8 Å². The first-order chi connectivity index (χ1) is 14.1. The van der Waals surface area contributed by atoms with Gasteiger partial charge in [-0.2, -0.15) is 0 Å². The molecule has 4 aromatic rings. The van der Waals surface area contributed by atoms with Crippen molar-refractivity contribution in [2.75, 3.05) is 6.54 Å². The number of pyridine rings is 1. The van der Waals surface area contributed by atoms with Crippen LogP contribution < -0.4 is 0 Å². The summed E-state index contributed by atoms with van der Waals surface area (Å²) >= 11 is 0. The van der Waals surface area contributed by atoms with Gasteiger partial charge in [-0.1, -0.05) is 24.3 Å². The molecule has 9 nitrogen and oxygen atoms in total. The fourth-order valence-electron chi connectivity index (χ4n) is 3.66. The van der Waals surface area contributed by atoms with Crippen LogP contribution in [0.5, 0.6) is 0 Å². The number of amides is 1. The number of aromatic amines is 1. The highest BCUT2D eigenvalue weighted by molar-refractivity contribution is 5.90. The summed E-state index contributed by atoms with van der Waals surface area (Å²) in [6.07, 6.45) is 3.11. The Bertz CT molecular complexity index is 1200. The van der Waals surface area contributed by atoms with E-state index in [0.29, 0.717) is 18.7 Å². The number of fused-ring (bicyclic) bond motifs is 2. The molecule has 0 saturated carbocycles. The highest BCUT2D eigenvalue weighted by atomic mass is 16.4. The minimum atomic E-state index is -0.943. The maximum absolute atomic E-state index is 13.2. The first-order valence-electron chi connectivity index (χ1n) is 9.31. The molecule has 0 radical (unpaired) electrons. The molecule has 0 fully saturated rings. The maximum Gasteiger partial charge on any atom is 0.312 e. The summed E-state index contributed by atoms with van der Waals surface area (Å²) in [6.45, 7) is 1.94. The Morgan fingerprint density at radius 3 is 2.90 bits per heavy atom. The number of benzene rings is 1. The average molecular weight is 390 g/mol. The van der Waals surface area contributed by atoms with Crippen molar-refractivity contribution < 1.29 is 14.3 Å². The van der Waals surface area contributed by atoms with Crippen molar-refractivity contribution >= 4 is 16.7 Å². The molecular weight excluding hydrogens is 372 g/mol. The molecule has 0 saturated heterocycles. The fraction of sp³-hybridized carbons (Fsp3) is 0.250. The summed E-state index contributed by atoms with van der Waals surface area (Å²) < 4.78 is 5.37. The molecule has 2 atom stereocenters. The number of rotatable bonds is 3. The van der Waals surface area contributed by atoms with Gasteiger partial charge in [-0.15, -0.1) is 10.2 Å². The molecule has 1 aliphatic rings. The topological polar surface area (TPSA) is 121 Å². The van der Waals surface area contributed by atoms with E-state index in [0.717, 1.165) is 22.2 Å². The van der Waals surface area contributed by atoms with Crippen LogP contribution in [0.15, 0.2) is 47.3 Å². The monoisotopic (exact) mass is 390 g/mol. The third-order valence-corrected chi connectivity index (χ3v) is 5.10. The van der Waals surface area contributed by atoms with Gasteiger partial charge < -0.3 is 19.4 Å². The van der Waals surface area contributed by atoms with E-state index in [1.165, 1.54) is 6.92 Å². The Hall–Kier alpha value is -3.59. The zero-order valence-electron chi connectivity index (χ0n) is 15.6. The van der Waals surface area contributed by atoms with Crippen molar-refractivity contribution in [2.24, 2.45) is 0 Å². The number of hydrogen-bond donors (Lipinski definition) is 2. The Morgan fingerprint density at radius 2 is 2.10 bits per heavy atom. The van der Waals surface area contributed by atoms with Crippen molar-refractivity contribution in [3.63, 3.8) is 0 Å². The molecule has 1 aliphatic heterocycles. The number of imidazole rings is 1. The van der Waals surface area contributed by atoms with Gasteiger partial charge in [-0.05, 0) is 18.4 Å². The van der Waals surface area contributed by atoms with E-state index >= 15 is 0 Å². The molecule has 5 rings (SSSR count). The van der Waals surface area contributed by atoms with E-state index in [1.54, 1.807) is 17.4 Å². The number of nitrogens with zero attached hydrogens (tertiary/aromatic N) is 5. The van der Waals surface area contributed by atoms with Crippen LogP contribution in [0, 0.1) is 0 Å². The number of aliphatic hydroxyl groups is 1. The standard InChI is InChI=1S/C20H18N6O3/c1-11(27)18-24-25-19(29-18)20(28)26-7-6-14-16(23-10-22-14)17(26)15-8-12-4-2-3-5-13(12)9-21-15/h2-5,8-11,17,27H,6-7H2,1H3,(H,22,23)/t11-,17-/m1/s1. The van der Waals surface area contributed by atoms with Gasteiger partial charge in [0.15, 0.2) is 0 Å². The minimum Gasteiger partial charge on any atom is -0.414 e. The second kappa shape index (κ2) is 6.78. The molecule has 0 spiro atoms. The number of nitrogens with one attached hydrogen (secondary N) is 1. The van der Waals surface area contributed by atoms with Gasteiger partial charge >= 0.3 is 11.8 Å². The van der Waals surface area contributed by atoms with E-state index in [4.69, 9.17) is 4.42 Å². The molecule has 3 aromatic heterocycles.